The molecule has 2 aromatic carbocycles. The molecule has 3 aromatic rings. The fourth-order valence-electron chi connectivity index (χ4n) is 2.78. The highest BCUT2D eigenvalue weighted by Gasteiger charge is 2.24. The van der Waals surface area contributed by atoms with E-state index in [1.54, 1.807) is 12.3 Å². The Kier molecular flexibility index (Phi) is 5.35. The zero-order valence-electron chi connectivity index (χ0n) is 15.6. The smallest absolute Gasteiger partial charge is 0.263 e. The van der Waals surface area contributed by atoms with Crippen molar-refractivity contribution < 1.29 is 4.79 Å². The zero-order chi connectivity index (χ0) is 19.6. The number of H-pyrrole nitrogens is 1. The minimum Gasteiger partial charge on any atom is -0.316 e. The minimum absolute atomic E-state index is 0.0399. The number of carbonyl (C=O) groups is 1. The molecule has 27 heavy (non-hydrogen) atoms. The molecule has 1 aromatic heterocycles. The van der Waals surface area contributed by atoms with Crippen molar-refractivity contribution in [2.45, 2.75) is 32.2 Å². The SMILES string of the molecule is CC(C)(C)c1cccc(N(Cl)C(=O)C(N)c2ccc(-c3cn[nH]c3)cc2)c1. The Balaban J connectivity index is 1.78. The van der Waals surface area contributed by atoms with Crippen molar-refractivity contribution in [2.75, 3.05) is 4.42 Å². The van der Waals surface area contributed by atoms with E-state index in [1.165, 1.54) is 0 Å². The first kappa shape index (κ1) is 19.1. The number of nitrogens with two attached hydrogens (primary N) is 1. The maximum atomic E-state index is 12.8. The van der Waals surface area contributed by atoms with Crippen molar-refractivity contribution in [1.29, 1.82) is 0 Å². The van der Waals surface area contributed by atoms with Crippen molar-refractivity contribution in [3.63, 3.8) is 0 Å². The molecule has 1 amide bonds. The summed E-state index contributed by atoms with van der Waals surface area (Å²) in [6.45, 7) is 6.33. The Labute approximate surface area is 164 Å². The highest BCUT2D eigenvalue weighted by molar-refractivity contribution is 6.37. The van der Waals surface area contributed by atoms with Crippen molar-refractivity contribution in [1.82, 2.24) is 10.2 Å². The molecule has 0 saturated carbocycles. The van der Waals surface area contributed by atoms with Crippen molar-refractivity contribution in [3.05, 3.63) is 72.1 Å². The average Bonchev–Trinajstić information content (AvgIpc) is 3.20. The third-order valence-electron chi connectivity index (χ3n) is 4.50. The first-order valence-corrected chi connectivity index (χ1v) is 9.06. The Morgan fingerprint density at radius 1 is 1.15 bits per heavy atom. The van der Waals surface area contributed by atoms with Crippen LogP contribution in [0.2, 0.25) is 0 Å². The van der Waals surface area contributed by atoms with Crippen LogP contribution in [0.3, 0.4) is 0 Å². The van der Waals surface area contributed by atoms with Crippen LogP contribution >= 0.6 is 11.8 Å². The number of aromatic nitrogens is 2. The average molecular weight is 383 g/mol. The van der Waals surface area contributed by atoms with Gasteiger partial charge in [0.25, 0.3) is 5.91 Å². The zero-order valence-corrected chi connectivity index (χ0v) is 16.4. The molecule has 0 aliphatic rings. The largest absolute Gasteiger partial charge is 0.316 e. The molecule has 1 unspecified atom stereocenters. The Bertz CT molecular complexity index is 914. The molecule has 0 saturated heterocycles. The van der Waals surface area contributed by atoms with E-state index >= 15 is 0 Å². The molecule has 1 heterocycles. The summed E-state index contributed by atoms with van der Waals surface area (Å²) >= 11 is 6.33. The Morgan fingerprint density at radius 2 is 1.85 bits per heavy atom. The quantitative estimate of drug-likeness (QED) is 0.649. The topological polar surface area (TPSA) is 75.0 Å². The molecule has 140 valence electrons. The van der Waals surface area contributed by atoms with Gasteiger partial charge in [0.15, 0.2) is 0 Å². The standard InChI is InChI=1S/C21H23ClN4O/c1-21(2,3)17-5-4-6-18(11-17)26(22)20(27)19(23)15-9-7-14(8-10-15)16-12-24-25-13-16/h4-13,19H,23H2,1-3H3,(H,24,25). The van der Waals surface area contributed by atoms with E-state index in [0.717, 1.165) is 21.1 Å². The summed E-state index contributed by atoms with van der Waals surface area (Å²) in [6, 6.07) is 14.3. The Morgan fingerprint density at radius 3 is 2.44 bits per heavy atom. The van der Waals surface area contributed by atoms with Gasteiger partial charge in [0.05, 0.1) is 11.9 Å². The molecule has 0 spiro atoms. The number of nitrogens with zero attached hydrogens (tertiary/aromatic N) is 2. The molecule has 3 N–H and O–H groups in total. The second-order valence-electron chi connectivity index (χ2n) is 7.51. The third kappa shape index (κ3) is 4.21. The van der Waals surface area contributed by atoms with Gasteiger partial charge in [0.2, 0.25) is 0 Å². The molecule has 6 heteroatoms. The summed E-state index contributed by atoms with van der Waals surface area (Å²) in [6.07, 6.45) is 3.55. The van der Waals surface area contributed by atoms with Gasteiger partial charge in [-0.05, 0) is 34.2 Å². The van der Waals surface area contributed by atoms with Crippen LogP contribution < -0.4 is 10.2 Å². The van der Waals surface area contributed by atoms with Gasteiger partial charge in [-0.3, -0.25) is 9.89 Å². The number of nitrogens with one attached hydrogen (secondary N) is 1. The van der Waals surface area contributed by atoms with Gasteiger partial charge in [0.1, 0.15) is 6.04 Å². The normalized spacial score (nSPS) is 12.6. The summed E-state index contributed by atoms with van der Waals surface area (Å²) in [5.74, 6) is -0.376. The predicted octanol–water partition coefficient (Wildman–Crippen LogP) is 4.56. The first-order valence-electron chi connectivity index (χ1n) is 8.72. The van der Waals surface area contributed by atoms with Crippen LogP contribution in [0.1, 0.15) is 37.9 Å². The minimum atomic E-state index is -0.848. The monoisotopic (exact) mass is 382 g/mol. The summed E-state index contributed by atoms with van der Waals surface area (Å²) in [4.78, 5) is 12.8. The molecule has 0 aliphatic carbocycles. The fourth-order valence-corrected chi connectivity index (χ4v) is 2.99. The molecular formula is C21H23ClN4O. The number of benzene rings is 2. The molecule has 1 atom stereocenters. The van der Waals surface area contributed by atoms with Gasteiger partial charge >= 0.3 is 0 Å². The summed E-state index contributed by atoms with van der Waals surface area (Å²) < 4.78 is 1.10. The first-order chi connectivity index (χ1) is 12.8. The number of hydrogen-bond donors (Lipinski definition) is 2. The molecule has 3 rings (SSSR count). The van der Waals surface area contributed by atoms with E-state index in [0.29, 0.717) is 11.3 Å². The number of anilines is 1. The highest BCUT2D eigenvalue weighted by atomic mass is 35.5. The lowest BCUT2D eigenvalue weighted by molar-refractivity contribution is -0.118. The second kappa shape index (κ2) is 7.55. The summed E-state index contributed by atoms with van der Waals surface area (Å²) in [5.41, 5.74) is 10.5. The van der Waals surface area contributed by atoms with Crippen molar-refractivity contribution in [2.24, 2.45) is 5.73 Å². The van der Waals surface area contributed by atoms with Crippen LogP contribution in [0.25, 0.3) is 11.1 Å². The van der Waals surface area contributed by atoms with Crippen LogP contribution in [-0.2, 0) is 10.2 Å². The van der Waals surface area contributed by atoms with E-state index < -0.39 is 6.04 Å². The van der Waals surface area contributed by atoms with Gasteiger partial charge in [-0.2, -0.15) is 5.10 Å². The van der Waals surface area contributed by atoms with Crippen LogP contribution in [0.4, 0.5) is 5.69 Å². The third-order valence-corrected chi connectivity index (χ3v) is 4.86. The van der Waals surface area contributed by atoms with Gasteiger partial charge in [0, 0.05) is 23.5 Å². The number of rotatable bonds is 4. The van der Waals surface area contributed by atoms with Crippen LogP contribution in [0, 0.1) is 0 Å². The van der Waals surface area contributed by atoms with Gasteiger partial charge < -0.3 is 5.73 Å². The summed E-state index contributed by atoms with van der Waals surface area (Å²) in [7, 11) is 0. The van der Waals surface area contributed by atoms with Gasteiger partial charge in [-0.15, -0.1) is 0 Å². The predicted molar refractivity (Wildman–Crippen MR) is 109 cm³/mol. The fraction of sp³-hybridized carbons (Fsp3) is 0.238. The molecule has 0 radical (unpaired) electrons. The molecule has 0 bridgehead atoms. The highest BCUT2D eigenvalue weighted by Crippen LogP contribution is 2.29. The number of carbonyl (C=O) groups excluding carboxylic acids is 1. The molecule has 0 aliphatic heterocycles. The van der Waals surface area contributed by atoms with Crippen molar-refractivity contribution >= 4 is 23.4 Å². The van der Waals surface area contributed by atoms with E-state index in [2.05, 4.69) is 31.0 Å². The van der Waals surface area contributed by atoms with E-state index in [1.807, 2.05) is 48.7 Å². The van der Waals surface area contributed by atoms with Crippen LogP contribution in [0.15, 0.2) is 60.9 Å². The van der Waals surface area contributed by atoms with Crippen LogP contribution in [0.5, 0.6) is 0 Å². The summed E-state index contributed by atoms with van der Waals surface area (Å²) in [5, 5.41) is 6.72. The maximum Gasteiger partial charge on any atom is 0.263 e. The molecule has 5 nitrogen and oxygen atoms in total. The van der Waals surface area contributed by atoms with Crippen molar-refractivity contribution in [3.8, 4) is 11.1 Å². The second-order valence-corrected chi connectivity index (χ2v) is 7.84. The van der Waals surface area contributed by atoms with Gasteiger partial charge in [-0.25, -0.2) is 4.42 Å². The van der Waals surface area contributed by atoms with Gasteiger partial charge in [-0.1, -0.05) is 57.2 Å². The molecular weight excluding hydrogens is 360 g/mol. The Hall–Kier alpha value is -2.63. The van der Waals surface area contributed by atoms with E-state index in [9.17, 15) is 4.79 Å². The lowest BCUT2D eigenvalue weighted by Gasteiger charge is -2.23. The van der Waals surface area contributed by atoms with E-state index in [-0.39, 0.29) is 11.3 Å². The number of halogens is 1. The number of amides is 1. The number of aromatic amines is 1. The molecule has 0 fully saturated rings. The van der Waals surface area contributed by atoms with E-state index in [4.69, 9.17) is 17.5 Å². The van der Waals surface area contributed by atoms with Crippen LogP contribution in [-0.4, -0.2) is 16.1 Å². The lowest BCUT2D eigenvalue weighted by Crippen LogP contribution is -2.32. The maximum absolute atomic E-state index is 12.8. The lowest BCUT2D eigenvalue weighted by atomic mass is 9.87. The number of hydrogen-bond acceptors (Lipinski definition) is 3.